The van der Waals surface area contributed by atoms with Gasteiger partial charge in [-0.25, -0.2) is 4.98 Å². The van der Waals surface area contributed by atoms with Crippen molar-refractivity contribution >= 4 is 27.5 Å². The van der Waals surface area contributed by atoms with Crippen LogP contribution in [0.5, 0.6) is 0 Å². The molecule has 1 unspecified atom stereocenters. The summed E-state index contributed by atoms with van der Waals surface area (Å²) in [6.07, 6.45) is 1.98. The van der Waals surface area contributed by atoms with E-state index in [0.29, 0.717) is 0 Å². The van der Waals surface area contributed by atoms with Gasteiger partial charge in [-0.05, 0) is 40.9 Å². The van der Waals surface area contributed by atoms with Gasteiger partial charge in [-0.2, -0.15) is 0 Å². The van der Waals surface area contributed by atoms with Gasteiger partial charge in [0.2, 0.25) is 0 Å². The van der Waals surface area contributed by atoms with Crippen LogP contribution >= 0.6 is 27.5 Å². The van der Waals surface area contributed by atoms with E-state index < -0.39 is 0 Å². The molecule has 0 amide bonds. The third-order valence-electron chi connectivity index (χ3n) is 3.31. The molecule has 2 N–H and O–H groups in total. The fourth-order valence-electron chi connectivity index (χ4n) is 2.38. The zero-order valence-corrected chi connectivity index (χ0v) is 12.1. The van der Waals surface area contributed by atoms with Gasteiger partial charge >= 0.3 is 0 Å². The number of aromatic nitrogens is 2. The van der Waals surface area contributed by atoms with E-state index in [0.717, 1.165) is 40.4 Å². The van der Waals surface area contributed by atoms with Crippen LogP contribution in [0.4, 0.5) is 0 Å². The normalized spacial score (nSPS) is 18.7. The summed E-state index contributed by atoms with van der Waals surface area (Å²) in [4.78, 5) is 4.61. The van der Waals surface area contributed by atoms with Gasteiger partial charge in [-0.1, -0.05) is 23.7 Å². The molecule has 18 heavy (non-hydrogen) atoms. The molecule has 1 aliphatic heterocycles. The van der Waals surface area contributed by atoms with Gasteiger partial charge in [-0.15, -0.1) is 0 Å². The van der Waals surface area contributed by atoms with Crippen molar-refractivity contribution in [2.24, 2.45) is 5.73 Å². The molecule has 1 aliphatic rings. The number of nitrogens with two attached hydrogens (primary N) is 1. The van der Waals surface area contributed by atoms with Gasteiger partial charge in [0.25, 0.3) is 0 Å². The van der Waals surface area contributed by atoms with Crippen LogP contribution in [-0.4, -0.2) is 15.6 Å². The molecule has 94 valence electrons. The summed E-state index contributed by atoms with van der Waals surface area (Å²) in [5.74, 6) is 0. The molecule has 0 bridgehead atoms. The molecule has 1 aromatic carbocycles. The topological polar surface area (TPSA) is 43.8 Å². The van der Waals surface area contributed by atoms with E-state index in [-0.39, 0.29) is 6.04 Å². The van der Waals surface area contributed by atoms with Crippen molar-refractivity contribution in [2.75, 3.05) is 0 Å². The molecule has 2 aromatic rings. The Bertz CT molecular complexity index is 577. The number of hydrogen-bond donors (Lipinski definition) is 1. The molecule has 3 rings (SSSR count). The molecule has 0 aliphatic carbocycles. The Morgan fingerprint density at radius 1 is 1.33 bits per heavy atom. The second kappa shape index (κ2) is 4.68. The summed E-state index contributed by atoms with van der Waals surface area (Å²) in [5.41, 5.74) is 9.39. The first-order valence-corrected chi connectivity index (χ1v) is 7.08. The minimum Gasteiger partial charge on any atom is -0.326 e. The maximum atomic E-state index is 6.00. The average molecular weight is 327 g/mol. The smallest absolute Gasteiger partial charge is 0.177 e. The predicted octanol–water partition coefficient (Wildman–Crippen LogP) is 3.24. The fourth-order valence-corrected chi connectivity index (χ4v) is 3.04. The monoisotopic (exact) mass is 325 g/mol. The first kappa shape index (κ1) is 12.2. The van der Waals surface area contributed by atoms with E-state index >= 15 is 0 Å². The highest BCUT2D eigenvalue weighted by molar-refractivity contribution is 9.10. The Hall–Kier alpha value is -0.840. The molecule has 1 atom stereocenters. The minimum atomic E-state index is 0.223. The molecule has 0 saturated carbocycles. The maximum Gasteiger partial charge on any atom is 0.177 e. The number of hydrogen-bond acceptors (Lipinski definition) is 2. The number of halogens is 2. The Balaban J connectivity index is 2.08. The van der Waals surface area contributed by atoms with Crippen LogP contribution in [0.25, 0.3) is 11.3 Å². The Labute approximate surface area is 119 Å². The van der Waals surface area contributed by atoms with Crippen LogP contribution in [0.2, 0.25) is 5.02 Å². The molecule has 1 aromatic heterocycles. The van der Waals surface area contributed by atoms with Crippen molar-refractivity contribution in [3.05, 3.63) is 39.7 Å². The zero-order chi connectivity index (χ0) is 12.7. The third-order valence-corrected chi connectivity index (χ3v) is 4.17. The second-order valence-corrected chi connectivity index (χ2v) is 5.74. The molecule has 2 heterocycles. The van der Waals surface area contributed by atoms with Crippen LogP contribution in [0.15, 0.2) is 29.0 Å². The summed E-state index contributed by atoms with van der Waals surface area (Å²) in [5, 5.41) is 0.743. The highest BCUT2D eigenvalue weighted by Gasteiger charge is 2.23. The summed E-state index contributed by atoms with van der Waals surface area (Å²) in [7, 11) is 0. The van der Waals surface area contributed by atoms with Gasteiger partial charge in [-0.3, -0.25) is 0 Å². The first-order valence-electron chi connectivity index (χ1n) is 5.91. The first-order chi connectivity index (χ1) is 8.65. The van der Waals surface area contributed by atoms with Gasteiger partial charge in [0, 0.05) is 28.9 Å². The number of fused-ring (bicyclic) bond motifs is 1. The Morgan fingerprint density at radius 2 is 2.06 bits per heavy atom. The molecule has 0 spiro atoms. The number of imidazole rings is 1. The highest BCUT2D eigenvalue weighted by atomic mass is 79.9. The van der Waals surface area contributed by atoms with Crippen LogP contribution in [0.3, 0.4) is 0 Å². The zero-order valence-electron chi connectivity index (χ0n) is 9.74. The molecule has 0 radical (unpaired) electrons. The Morgan fingerprint density at radius 3 is 2.78 bits per heavy atom. The number of benzene rings is 1. The number of nitrogens with zero attached hydrogens (tertiary/aromatic N) is 2. The number of rotatable bonds is 1. The second-order valence-electron chi connectivity index (χ2n) is 4.59. The summed E-state index contributed by atoms with van der Waals surface area (Å²) in [6, 6.07) is 8.02. The quantitative estimate of drug-likeness (QED) is 0.874. The average Bonchev–Trinajstić information content (AvgIpc) is 2.68. The van der Waals surface area contributed by atoms with Crippen molar-refractivity contribution in [3.63, 3.8) is 0 Å². The van der Waals surface area contributed by atoms with Crippen molar-refractivity contribution in [1.82, 2.24) is 9.55 Å². The lowest BCUT2D eigenvalue weighted by atomic mass is 10.0. The standard InChI is InChI=1S/C13H13BrClN3/c14-13-17-12(8-1-3-9(15)4-2-8)11-6-5-10(16)7-18(11)13/h1-4,10H,5-7,16H2. The molecule has 0 fully saturated rings. The van der Waals surface area contributed by atoms with E-state index in [9.17, 15) is 0 Å². The maximum absolute atomic E-state index is 6.00. The van der Waals surface area contributed by atoms with Crippen molar-refractivity contribution in [3.8, 4) is 11.3 Å². The van der Waals surface area contributed by atoms with E-state index in [1.165, 1.54) is 5.69 Å². The minimum absolute atomic E-state index is 0.223. The third kappa shape index (κ3) is 2.09. The lowest BCUT2D eigenvalue weighted by Gasteiger charge is -2.21. The summed E-state index contributed by atoms with van der Waals surface area (Å²) >= 11 is 9.43. The molecule has 5 heteroatoms. The van der Waals surface area contributed by atoms with Gasteiger partial charge in [0.1, 0.15) is 0 Å². The summed E-state index contributed by atoms with van der Waals surface area (Å²) in [6.45, 7) is 0.830. The van der Waals surface area contributed by atoms with Crippen molar-refractivity contribution < 1.29 is 0 Å². The predicted molar refractivity (Wildman–Crippen MR) is 76.7 cm³/mol. The highest BCUT2D eigenvalue weighted by Crippen LogP contribution is 2.31. The lowest BCUT2D eigenvalue weighted by Crippen LogP contribution is -2.31. The Kier molecular flexibility index (Phi) is 3.18. The molecular weight excluding hydrogens is 314 g/mol. The molecule has 0 saturated heterocycles. The van der Waals surface area contributed by atoms with Crippen molar-refractivity contribution in [1.29, 1.82) is 0 Å². The largest absolute Gasteiger partial charge is 0.326 e. The van der Waals surface area contributed by atoms with Crippen molar-refractivity contribution in [2.45, 2.75) is 25.4 Å². The van der Waals surface area contributed by atoms with E-state index in [2.05, 4.69) is 25.5 Å². The van der Waals surface area contributed by atoms with Gasteiger partial charge < -0.3 is 10.3 Å². The van der Waals surface area contributed by atoms with E-state index in [4.69, 9.17) is 17.3 Å². The lowest BCUT2D eigenvalue weighted by molar-refractivity contribution is 0.455. The van der Waals surface area contributed by atoms with Crippen LogP contribution < -0.4 is 5.73 Å². The van der Waals surface area contributed by atoms with Crippen LogP contribution in [0, 0.1) is 0 Å². The molecule has 3 nitrogen and oxygen atoms in total. The van der Waals surface area contributed by atoms with Gasteiger partial charge in [0.15, 0.2) is 4.73 Å². The van der Waals surface area contributed by atoms with E-state index in [1.54, 1.807) is 0 Å². The summed E-state index contributed by atoms with van der Waals surface area (Å²) < 4.78 is 3.02. The van der Waals surface area contributed by atoms with Crippen LogP contribution in [-0.2, 0) is 13.0 Å². The SMILES string of the molecule is NC1CCc2c(-c3ccc(Cl)cc3)nc(Br)n2C1. The molecular formula is C13H13BrClN3. The van der Waals surface area contributed by atoms with Crippen LogP contribution in [0.1, 0.15) is 12.1 Å². The van der Waals surface area contributed by atoms with Gasteiger partial charge in [0.05, 0.1) is 5.69 Å². The fraction of sp³-hybridized carbons (Fsp3) is 0.308. The van der Waals surface area contributed by atoms with E-state index in [1.807, 2.05) is 24.3 Å².